The van der Waals surface area contributed by atoms with Crippen molar-refractivity contribution in [1.29, 1.82) is 0 Å². The minimum absolute atomic E-state index is 0.348. The summed E-state index contributed by atoms with van der Waals surface area (Å²) >= 11 is 1.70. The fourth-order valence-corrected chi connectivity index (χ4v) is 10.1. The van der Waals surface area contributed by atoms with Gasteiger partial charge in [-0.05, 0) is 113 Å². The first kappa shape index (κ1) is 32.2. The number of thiophene rings is 1. The van der Waals surface area contributed by atoms with Crippen LogP contribution in [0.4, 0.5) is 34.1 Å². The number of sulfone groups is 1. The average Bonchev–Trinajstić information content (AvgIpc) is 3.61. The fraction of sp³-hybridized carbons (Fsp3) is 0.0870. The molecular formula is C46H36N2O2S2. The molecule has 0 N–H and O–H groups in total. The van der Waals surface area contributed by atoms with E-state index in [1.165, 1.54) is 11.1 Å². The van der Waals surface area contributed by atoms with Crippen LogP contribution >= 0.6 is 11.3 Å². The Labute approximate surface area is 308 Å². The number of rotatable bonds is 6. The highest BCUT2D eigenvalue weighted by Gasteiger charge is 2.35. The van der Waals surface area contributed by atoms with Gasteiger partial charge in [-0.1, -0.05) is 82.9 Å². The number of hydrogen-bond acceptors (Lipinski definition) is 5. The maximum absolute atomic E-state index is 14.4. The van der Waals surface area contributed by atoms with Crippen molar-refractivity contribution in [3.8, 4) is 11.1 Å². The number of hydrogen-bond donors (Lipinski definition) is 0. The van der Waals surface area contributed by atoms with Crippen LogP contribution in [0.5, 0.6) is 0 Å². The van der Waals surface area contributed by atoms with Gasteiger partial charge in [0.15, 0.2) is 0 Å². The second kappa shape index (κ2) is 12.2. The van der Waals surface area contributed by atoms with Crippen LogP contribution in [0.2, 0.25) is 0 Å². The van der Waals surface area contributed by atoms with Crippen molar-refractivity contribution in [3.63, 3.8) is 0 Å². The summed E-state index contributed by atoms with van der Waals surface area (Å²) < 4.78 is 31.0. The molecule has 6 heteroatoms. The third kappa shape index (κ3) is 5.38. The summed E-state index contributed by atoms with van der Waals surface area (Å²) in [4.78, 5) is 5.12. The van der Waals surface area contributed by atoms with Crippen LogP contribution in [0.3, 0.4) is 0 Å². The highest BCUT2D eigenvalue weighted by atomic mass is 32.2. The molecule has 254 valence electrons. The molecule has 0 fully saturated rings. The molecule has 0 radical (unpaired) electrons. The molecule has 0 unspecified atom stereocenters. The summed E-state index contributed by atoms with van der Waals surface area (Å²) in [5.41, 5.74) is 12.2. The SMILES string of the molecule is Cc1ccc(N(c2ccc(C)cc2)c2ccc3c(c2)S(=O)(=O)c2cc4c(cc2-3)sc2cc(N(c3ccc(C)cc3)c3ccc(C)cc3)ccc24)cc1. The Balaban J connectivity index is 1.15. The first-order valence-electron chi connectivity index (χ1n) is 17.4. The largest absolute Gasteiger partial charge is 0.310 e. The van der Waals surface area contributed by atoms with Gasteiger partial charge in [-0.2, -0.15) is 0 Å². The lowest BCUT2D eigenvalue weighted by Crippen LogP contribution is -2.10. The van der Waals surface area contributed by atoms with Crippen molar-refractivity contribution < 1.29 is 8.42 Å². The second-order valence-corrected chi connectivity index (χ2v) is 16.8. The lowest BCUT2D eigenvalue weighted by Gasteiger charge is -2.26. The zero-order valence-electron chi connectivity index (χ0n) is 29.4. The quantitative estimate of drug-likeness (QED) is 0.172. The molecule has 1 aliphatic rings. The van der Waals surface area contributed by atoms with Gasteiger partial charge >= 0.3 is 0 Å². The summed E-state index contributed by atoms with van der Waals surface area (Å²) in [5, 5.41) is 2.01. The zero-order chi connectivity index (χ0) is 35.7. The first-order chi connectivity index (χ1) is 25.1. The molecule has 1 aliphatic heterocycles. The molecule has 0 bridgehead atoms. The van der Waals surface area contributed by atoms with Gasteiger partial charge in [0, 0.05) is 65.4 Å². The van der Waals surface area contributed by atoms with Crippen molar-refractivity contribution in [1.82, 2.24) is 0 Å². The van der Waals surface area contributed by atoms with E-state index in [0.717, 1.165) is 76.6 Å². The molecule has 4 nitrogen and oxygen atoms in total. The van der Waals surface area contributed by atoms with Gasteiger partial charge in [0.1, 0.15) is 0 Å². The lowest BCUT2D eigenvalue weighted by atomic mass is 10.0. The molecule has 8 aromatic rings. The van der Waals surface area contributed by atoms with Crippen LogP contribution in [-0.4, -0.2) is 8.42 Å². The van der Waals surface area contributed by atoms with E-state index in [1.54, 1.807) is 11.3 Å². The number of nitrogens with zero attached hydrogens (tertiary/aromatic N) is 2. The minimum Gasteiger partial charge on any atom is -0.310 e. The van der Waals surface area contributed by atoms with Crippen LogP contribution in [0.1, 0.15) is 22.3 Å². The number of benzene rings is 7. The molecule has 7 aromatic carbocycles. The number of aryl methyl sites for hydroxylation is 4. The molecule has 52 heavy (non-hydrogen) atoms. The fourth-order valence-electron chi connectivity index (χ4n) is 7.25. The van der Waals surface area contributed by atoms with E-state index in [-0.39, 0.29) is 0 Å². The highest BCUT2D eigenvalue weighted by molar-refractivity contribution is 7.92. The van der Waals surface area contributed by atoms with E-state index in [9.17, 15) is 8.42 Å². The molecule has 2 heterocycles. The van der Waals surface area contributed by atoms with Gasteiger partial charge in [-0.15, -0.1) is 11.3 Å². The Morgan fingerprint density at radius 3 is 1.25 bits per heavy atom. The van der Waals surface area contributed by atoms with Crippen LogP contribution in [-0.2, 0) is 9.84 Å². The van der Waals surface area contributed by atoms with E-state index >= 15 is 0 Å². The molecule has 1 aromatic heterocycles. The molecule has 0 spiro atoms. The predicted octanol–water partition coefficient (Wildman–Crippen LogP) is 13.0. The maximum atomic E-state index is 14.4. The third-order valence-electron chi connectivity index (χ3n) is 10.1. The van der Waals surface area contributed by atoms with E-state index in [1.807, 2.05) is 24.3 Å². The molecule has 0 aliphatic carbocycles. The zero-order valence-corrected chi connectivity index (χ0v) is 31.0. The van der Waals surface area contributed by atoms with Crippen LogP contribution < -0.4 is 9.80 Å². The highest BCUT2D eigenvalue weighted by Crippen LogP contribution is 2.50. The first-order valence-corrected chi connectivity index (χ1v) is 19.7. The molecule has 0 saturated heterocycles. The normalized spacial score (nSPS) is 12.9. The molecule has 0 atom stereocenters. The summed E-state index contributed by atoms with van der Waals surface area (Å²) in [6, 6.07) is 50.2. The third-order valence-corrected chi connectivity index (χ3v) is 13.0. The molecular weight excluding hydrogens is 677 g/mol. The van der Waals surface area contributed by atoms with Gasteiger partial charge in [0.2, 0.25) is 9.84 Å². The Morgan fingerprint density at radius 2 is 0.769 bits per heavy atom. The monoisotopic (exact) mass is 712 g/mol. The Morgan fingerprint density at radius 1 is 0.385 bits per heavy atom. The van der Waals surface area contributed by atoms with Gasteiger partial charge in [0.25, 0.3) is 0 Å². The van der Waals surface area contributed by atoms with Gasteiger partial charge in [-0.25, -0.2) is 8.42 Å². The van der Waals surface area contributed by atoms with Crippen molar-refractivity contribution in [2.24, 2.45) is 0 Å². The van der Waals surface area contributed by atoms with E-state index in [4.69, 9.17) is 0 Å². The van der Waals surface area contributed by atoms with Crippen molar-refractivity contribution in [2.45, 2.75) is 37.5 Å². The second-order valence-electron chi connectivity index (χ2n) is 13.8. The predicted molar refractivity (Wildman–Crippen MR) is 219 cm³/mol. The Kier molecular flexibility index (Phi) is 7.58. The Hall–Kier alpha value is -5.69. The van der Waals surface area contributed by atoms with Crippen LogP contribution in [0, 0.1) is 27.7 Å². The van der Waals surface area contributed by atoms with Crippen LogP contribution in [0.25, 0.3) is 31.3 Å². The van der Waals surface area contributed by atoms with Gasteiger partial charge in [-0.3, -0.25) is 0 Å². The smallest absolute Gasteiger partial charge is 0.207 e. The van der Waals surface area contributed by atoms with Crippen molar-refractivity contribution >= 4 is 75.5 Å². The molecule has 0 amide bonds. The van der Waals surface area contributed by atoms with Crippen molar-refractivity contribution in [2.75, 3.05) is 9.80 Å². The summed E-state index contributed by atoms with van der Waals surface area (Å²) in [5.74, 6) is 0. The number of fused-ring (bicyclic) bond motifs is 6. The minimum atomic E-state index is -3.77. The Bertz CT molecular complexity index is 2680. The topological polar surface area (TPSA) is 40.6 Å². The summed E-state index contributed by atoms with van der Waals surface area (Å²) in [6.45, 7) is 8.34. The van der Waals surface area contributed by atoms with Gasteiger partial charge in [0.05, 0.1) is 9.79 Å². The van der Waals surface area contributed by atoms with E-state index in [0.29, 0.717) is 9.79 Å². The van der Waals surface area contributed by atoms with Crippen LogP contribution in [0.15, 0.2) is 155 Å². The summed E-state index contributed by atoms with van der Waals surface area (Å²) in [7, 11) is -3.77. The number of anilines is 6. The average molecular weight is 713 g/mol. The van der Waals surface area contributed by atoms with E-state index in [2.05, 4.69) is 159 Å². The summed E-state index contributed by atoms with van der Waals surface area (Å²) in [6.07, 6.45) is 0. The molecule has 9 rings (SSSR count). The maximum Gasteiger partial charge on any atom is 0.207 e. The lowest BCUT2D eigenvalue weighted by molar-refractivity contribution is 0.599. The molecule has 0 saturated carbocycles. The standard InChI is InChI=1S/C46H36N2O2S2/c1-29-5-13-33(14-6-29)47(34-15-7-30(2)8-16-34)37-21-23-39-41-28-46-42(27-44(41)51-43(39)25-37)40-24-22-38(26-45(40)52(46,49)50)48(35-17-9-31(3)10-18-35)36-19-11-32(4)12-20-36/h5-28H,1-4H3. The van der Waals surface area contributed by atoms with Crippen molar-refractivity contribution in [3.05, 3.63) is 168 Å². The van der Waals surface area contributed by atoms with E-state index < -0.39 is 9.84 Å². The van der Waals surface area contributed by atoms with Gasteiger partial charge < -0.3 is 9.80 Å².